The predicted molar refractivity (Wildman–Crippen MR) is 82.1 cm³/mol. The molecule has 0 spiro atoms. The zero-order valence-corrected chi connectivity index (χ0v) is 13.3. The molecule has 2 rings (SSSR count). The Morgan fingerprint density at radius 1 is 1.33 bits per heavy atom. The maximum Gasteiger partial charge on any atom is 0.244 e. The number of nitrogens with one attached hydrogen (secondary N) is 1. The van der Waals surface area contributed by atoms with Crippen molar-refractivity contribution in [3.05, 3.63) is 35.6 Å². The highest BCUT2D eigenvalue weighted by atomic mass is 19.1. The average molecular weight is 292 g/mol. The van der Waals surface area contributed by atoms with Crippen LogP contribution in [0.1, 0.15) is 52.3 Å². The molecule has 3 unspecified atom stereocenters. The van der Waals surface area contributed by atoms with Crippen molar-refractivity contribution in [3.8, 4) is 0 Å². The minimum atomic E-state index is -0.535. The van der Waals surface area contributed by atoms with Crippen LogP contribution in [0.5, 0.6) is 0 Å². The van der Waals surface area contributed by atoms with E-state index in [-0.39, 0.29) is 17.9 Å². The van der Waals surface area contributed by atoms with Gasteiger partial charge in [0.2, 0.25) is 5.91 Å². The molecular formula is C17H25FN2O. The third-order valence-corrected chi connectivity index (χ3v) is 4.60. The fourth-order valence-electron chi connectivity index (χ4n) is 2.69. The second-order valence-corrected chi connectivity index (χ2v) is 6.26. The SMILES string of the molecule is CCC(C)CN1C(=O)C(C)(CC)NC1c1ccc(F)cc1. The van der Waals surface area contributed by atoms with Crippen LogP contribution in [0, 0.1) is 11.7 Å². The molecule has 1 fully saturated rings. The molecule has 1 aromatic rings. The minimum absolute atomic E-state index is 0.139. The van der Waals surface area contributed by atoms with E-state index in [1.165, 1.54) is 12.1 Å². The van der Waals surface area contributed by atoms with E-state index >= 15 is 0 Å². The van der Waals surface area contributed by atoms with E-state index < -0.39 is 5.54 Å². The molecule has 1 aliphatic heterocycles. The van der Waals surface area contributed by atoms with Crippen LogP contribution in [0.15, 0.2) is 24.3 Å². The Bertz CT molecular complexity index is 502. The van der Waals surface area contributed by atoms with Crippen LogP contribution in [-0.2, 0) is 4.79 Å². The molecule has 3 atom stereocenters. The molecule has 1 aromatic carbocycles. The van der Waals surface area contributed by atoms with Gasteiger partial charge in [0.25, 0.3) is 0 Å². The van der Waals surface area contributed by atoms with Gasteiger partial charge in [0, 0.05) is 6.54 Å². The third-order valence-electron chi connectivity index (χ3n) is 4.60. The molecule has 1 N–H and O–H groups in total. The standard InChI is InChI=1S/C17H25FN2O/c1-5-12(3)11-20-15(13-7-9-14(18)10-8-13)19-17(4,6-2)16(20)21/h7-10,12,15,19H,5-6,11H2,1-4H3. The number of carbonyl (C=O) groups is 1. The number of hydrogen-bond acceptors (Lipinski definition) is 2. The average Bonchev–Trinajstić information content (AvgIpc) is 2.73. The van der Waals surface area contributed by atoms with Crippen LogP contribution in [0.2, 0.25) is 0 Å². The quantitative estimate of drug-likeness (QED) is 0.901. The largest absolute Gasteiger partial charge is 0.321 e. The summed E-state index contributed by atoms with van der Waals surface area (Å²) in [6.07, 6.45) is 1.60. The first-order chi connectivity index (χ1) is 9.91. The van der Waals surface area contributed by atoms with Gasteiger partial charge in [0.05, 0.1) is 5.54 Å². The summed E-state index contributed by atoms with van der Waals surface area (Å²) >= 11 is 0. The van der Waals surface area contributed by atoms with E-state index in [9.17, 15) is 9.18 Å². The van der Waals surface area contributed by atoms with Gasteiger partial charge in [-0.1, -0.05) is 39.3 Å². The van der Waals surface area contributed by atoms with Gasteiger partial charge < -0.3 is 4.90 Å². The Morgan fingerprint density at radius 3 is 2.48 bits per heavy atom. The molecule has 1 saturated heterocycles. The van der Waals surface area contributed by atoms with E-state index in [1.807, 2.05) is 18.7 Å². The van der Waals surface area contributed by atoms with Gasteiger partial charge >= 0.3 is 0 Å². The fourth-order valence-corrected chi connectivity index (χ4v) is 2.69. The number of hydrogen-bond donors (Lipinski definition) is 1. The molecule has 0 saturated carbocycles. The van der Waals surface area contributed by atoms with Gasteiger partial charge in [-0.25, -0.2) is 4.39 Å². The summed E-state index contributed by atoms with van der Waals surface area (Å²) in [6, 6.07) is 6.41. The molecule has 0 aromatic heterocycles. The molecule has 1 amide bonds. The Labute approximate surface area is 126 Å². The van der Waals surface area contributed by atoms with Crippen LogP contribution >= 0.6 is 0 Å². The first kappa shape index (κ1) is 16.0. The van der Waals surface area contributed by atoms with E-state index in [2.05, 4.69) is 19.2 Å². The van der Waals surface area contributed by atoms with Crippen molar-refractivity contribution >= 4 is 5.91 Å². The number of benzene rings is 1. The third kappa shape index (κ3) is 3.10. The van der Waals surface area contributed by atoms with Crippen LogP contribution in [0.4, 0.5) is 4.39 Å². The molecular weight excluding hydrogens is 267 g/mol. The number of carbonyl (C=O) groups excluding carboxylic acids is 1. The van der Waals surface area contributed by atoms with Crippen LogP contribution in [-0.4, -0.2) is 22.9 Å². The van der Waals surface area contributed by atoms with Gasteiger partial charge in [0.15, 0.2) is 0 Å². The lowest BCUT2D eigenvalue weighted by Crippen LogP contribution is -2.43. The van der Waals surface area contributed by atoms with Gasteiger partial charge in [-0.3, -0.25) is 10.1 Å². The van der Waals surface area contributed by atoms with Gasteiger partial charge in [-0.2, -0.15) is 0 Å². The summed E-state index contributed by atoms with van der Waals surface area (Å²) in [5, 5.41) is 3.44. The molecule has 0 aliphatic carbocycles. The molecule has 1 aliphatic rings. The van der Waals surface area contributed by atoms with Gasteiger partial charge in [-0.15, -0.1) is 0 Å². The summed E-state index contributed by atoms with van der Waals surface area (Å²) in [5.74, 6) is 0.326. The molecule has 4 heteroatoms. The van der Waals surface area contributed by atoms with Crippen LogP contribution in [0.25, 0.3) is 0 Å². The van der Waals surface area contributed by atoms with Crippen LogP contribution < -0.4 is 5.32 Å². The highest BCUT2D eigenvalue weighted by Gasteiger charge is 2.47. The van der Waals surface area contributed by atoms with Crippen molar-refractivity contribution < 1.29 is 9.18 Å². The summed E-state index contributed by atoms with van der Waals surface area (Å²) in [6.45, 7) is 8.96. The summed E-state index contributed by atoms with van der Waals surface area (Å²) in [7, 11) is 0. The first-order valence-corrected chi connectivity index (χ1v) is 7.75. The Hall–Kier alpha value is -1.42. The number of rotatable bonds is 5. The lowest BCUT2D eigenvalue weighted by Gasteiger charge is -2.27. The maximum absolute atomic E-state index is 13.1. The monoisotopic (exact) mass is 292 g/mol. The molecule has 21 heavy (non-hydrogen) atoms. The van der Waals surface area contributed by atoms with Crippen molar-refractivity contribution in [2.45, 2.75) is 52.2 Å². The summed E-state index contributed by atoms with van der Waals surface area (Å²) < 4.78 is 13.1. The number of halogens is 1. The maximum atomic E-state index is 13.1. The second-order valence-electron chi connectivity index (χ2n) is 6.26. The number of amides is 1. The lowest BCUT2D eigenvalue weighted by atomic mass is 9.99. The summed E-state index contributed by atoms with van der Waals surface area (Å²) in [5.41, 5.74) is 0.400. The van der Waals surface area contributed by atoms with Crippen LogP contribution in [0.3, 0.4) is 0 Å². The fraction of sp³-hybridized carbons (Fsp3) is 0.588. The molecule has 0 bridgehead atoms. The molecule has 116 valence electrons. The van der Waals surface area contributed by atoms with Gasteiger partial charge in [-0.05, 0) is 37.0 Å². The van der Waals surface area contributed by atoms with E-state index in [4.69, 9.17) is 0 Å². The normalized spacial score (nSPS) is 27.2. The molecule has 1 heterocycles. The zero-order valence-electron chi connectivity index (χ0n) is 13.3. The van der Waals surface area contributed by atoms with Crippen molar-refractivity contribution in [1.82, 2.24) is 10.2 Å². The molecule has 0 radical (unpaired) electrons. The van der Waals surface area contributed by atoms with Crippen molar-refractivity contribution in [2.24, 2.45) is 5.92 Å². The highest BCUT2D eigenvalue weighted by molar-refractivity contribution is 5.88. The Kier molecular flexibility index (Phi) is 4.67. The number of nitrogens with zero attached hydrogens (tertiary/aromatic N) is 1. The predicted octanol–water partition coefficient (Wildman–Crippen LogP) is 3.47. The lowest BCUT2D eigenvalue weighted by molar-refractivity contribution is -0.133. The Balaban J connectivity index is 2.31. The van der Waals surface area contributed by atoms with Crippen molar-refractivity contribution in [3.63, 3.8) is 0 Å². The van der Waals surface area contributed by atoms with E-state index in [0.717, 1.165) is 24.9 Å². The topological polar surface area (TPSA) is 32.3 Å². The minimum Gasteiger partial charge on any atom is -0.321 e. The highest BCUT2D eigenvalue weighted by Crippen LogP contribution is 2.33. The molecule has 3 nitrogen and oxygen atoms in total. The van der Waals surface area contributed by atoms with E-state index in [1.54, 1.807) is 12.1 Å². The zero-order chi connectivity index (χ0) is 15.6. The second kappa shape index (κ2) is 6.14. The summed E-state index contributed by atoms with van der Waals surface area (Å²) in [4.78, 5) is 14.7. The smallest absolute Gasteiger partial charge is 0.244 e. The Morgan fingerprint density at radius 2 is 1.95 bits per heavy atom. The van der Waals surface area contributed by atoms with E-state index in [0.29, 0.717) is 5.92 Å². The first-order valence-electron chi connectivity index (χ1n) is 7.75. The van der Waals surface area contributed by atoms with Crippen molar-refractivity contribution in [2.75, 3.05) is 6.54 Å². The van der Waals surface area contributed by atoms with Crippen molar-refractivity contribution in [1.29, 1.82) is 0 Å². The van der Waals surface area contributed by atoms with Gasteiger partial charge in [0.1, 0.15) is 12.0 Å².